The number of fused-ring (bicyclic) bond motifs is 2. The highest BCUT2D eigenvalue weighted by atomic mass is 19.1. The number of halogens is 1. The van der Waals surface area contributed by atoms with Crippen LogP contribution in [-0.4, -0.2) is 29.7 Å². The molecule has 4 rings (SSSR count). The lowest BCUT2D eigenvalue weighted by atomic mass is 9.96. The molecule has 0 spiro atoms. The number of amides is 1. The Hall–Kier alpha value is -2.86. The van der Waals surface area contributed by atoms with Crippen molar-refractivity contribution in [3.8, 4) is 5.75 Å². The number of ether oxygens (including phenoxy) is 1. The second-order valence-corrected chi connectivity index (χ2v) is 7.21. The number of nitrogens with zero attached hydrogens (tertiary/aromatic N) is 1. The summed E-state index contributed by atoms with van der Waals surface area (Å²) < 4.78 is 21.8. The molecule has 3 N–H and O–H groups in total. The monoisotopic (exact) mass is 381 g/mol. The topological polar surface area (TPSA) is 69.3 Å². The SMILES string of the molecule is NC(=O)c1ccc(F)c2c1CC(NCCCCn1ccc3ccccc31)CO2. The quantitative estimate of drug-likeness (QED) is 0.617. The van der Waals surface area contributed by atoms with Crippen molar-refractivity contribution in [2.75, 3.05) is 13.2 Å². The summed E-state index contributed by atoms with van der Waals surface area (Å²) in [5.74, 6) is -0.842. The zero-order chi connectivity index (χ0) is 19.5. The molecule has 1 unspecified atom stereocenters. The molecule has 3 aromatic rings. The molecule has 1 atom stereocenters. The number of carbonyl (C=O) groups is 1. The van der Waals surface area contributed by atoms with E-state index in [4.69, 9.17) is 10.5 Å². The fourth-order valence-electron chi connectivity index (χ4n) is 3.86. The summed E-state index contributed by atoms with van der Waals surface area (Å²) in [5, 5.41) is 4.72. The third-order valence-electron chi connectivity index (χ3n) is 5.30. The van der Waals surface area contributed by atoms with Crippen molar-refractivity contribution in [1.29, 1.82) is 0 Å². The van der Waals surface area contributed by atoms with Gasteiger partial charge in [-0.15, -0.1) is 0 Å². The zero-order valence-electron chi connectivity index (χ0n) is 15.7. The van der Waals surface area contributed by atoms with Gasteiger partial charge in [-0.3, -0.25) is 4.79 Å². The maximum Gasteiger partial charge on any atom is 0.249 e. The van der Waals surface area contributed by atoms with E-state index in [0.717, 1.165) is 25.9 Å². The van der Waals surface area contributed by atoms with Gasteiger partial charge in [-0.25, -0.2) is 4.39 Å². The maximum absolute atomic E-state index is 13.9. The van der Waals surface area contributed by atoms with Gasteiger partial charge in [0, 0.05) is 35.4 Å². The molecular weight excluding hydrogens is 357 g/mol. The molecule has 6 heteroatoms. The smallest absolute Gasteiger partial charge is 0.249 e. The van der Waals surface area contributed by atoms with Gasteiger partial charge >= 0.3 is 0 Å². The Morgan fingerprint density at radius 1 is 1.21 bits per heavy atom. The van der Waals surface area contributed by atoms with Crippen LogP contribution in [-0.2, 0) is 13.0 Å². The predicted molar refractivity (Wildman–Crippen MR) is 107 cm³/mol. The minimum Gasteiger partial charge on any atom is -0.489 e. The second kappa shape index (κ2) is 8.02. The van der Waals surface area contributed by atoms with Crippen molar-refractivity contribution >= 4 is 16.8 Å². The molecule has 0 aliphatic carbocycles. The summed E-state index contributed by atoms with van der Waals surface area (Å²) in [4.78, 5) is 11.6. The minimum absolute atomic E-state index is 0.0415. The molecule has 0 radical (unpaired) electrons. The summed E-state index contributed by atoms with van der Waals surface area (Å²) >= 11 is 0. The van der Waals surface area contributed by atoms with E-state index in [0.29, 0.717) is 24.2 Å². The standard InChI is InChI=1S/C22H24FN3O2/c23-19-8-7-17(22(24)27)18-13-16(14-28-21(18)19)25-10-3-4-11-26-12-9-15-5-1-2-6-20(15)26/h1-2,5-9,12,16,25H,3-4,10-11,13-14H2,(H2,24,27). The Labute approximate surface area is 163 Å². The Morgan fingerprint density at radius 3 is 2.93 bits per heavy atom. The van der Waals surface area contributed by atoms with E-state index >= 15 is 0 Å². The number of rotatable bonds is 7. The van der Waals surface area contributed by atoms with Gasteiger partial charge in [0.05, 0.1) is 0 Å². The fraction of sp³-hybridized carbons (Fsp3) is 0.318. The number of para-hydroxylation sites is 1. The van der Waals surface area contributed by atoms with Crippen LogP contribution in [0.5, 0.6) is 5.75 Å². The van der Waals surface area contributed by atoms with Crippen LogP contribution < -0.4 is 15.8 Å². The van der Waals surface area contributed by atoms with Gasteiger partial charge < -0.3 is 20.4 Å². The molecule has 5 nitrogen and oxygen atoms in total. The number of hydrogen-bond donors (Lipinski definition) is 2. The zero-order valence-corrected chi connectivity index (χ0v) is 15.7. The fourth-order valence-corrected chi connectivity index (χ4v) is 3.86. The number of hydrogen-bond acceptors (Lipinski definition) is 3. The van der Waals surface area contributed by atoms with Gasteiger partial charge in [-0.2, -0.15) is 0 Å². The van der Waals surface area contributed by atoms with Gasteiger partial charge in [0.25, 0.3) is 0 Å². The van der Waals surface area contributed by atoms with Gasteiger partial charge in [0.2, 0.25) is 5.91 Å². The van der Waals surface area contributed by atoms with Crippen LogP contribution in [0.4, 0.5) is 4.39 Å². The predicted octanol–water partition coefficient (Wildman–Crippen LogP) is 3.25. The van der Waals surface area contributed by atoms with Gasteiger partial charge in [0.15, 0.2) is 11.6 Å². The molecule has 1 amide bonds. The molecule has 2 aromatic carbocycles. The summed E-state index contributed by atoms with van der Waals surface area (Å²) in [6.07, 6.45) is 4.73. The number of benzene rings is 2. The van der Waals surface area contributed by atoms with Crippen LogP contribution >= 0.6 is 0 Å². The number of aryl methyl sites for hydroxylation is 1. The number of nitrogens with two attached hydrogens (primary N) is 1. The van der Waals surface area contributed by atoms with Crippen molar-refractivity contribution in [1.82, 2.24) is 9.88 Å². The van der Waals surface area contributed by atoms with E-state index < -0.39 is 11.7 Å². The lowest BCUT2D eigenvalue weighted by Crippen LogP contribution is -2.40. The van der Waals surface area contributed by atoms with E-state index in [1.165, 1.54) is 23.0 Å². The average molecular weight is 381 g/mol. The first kappa shape index (κ1) is 18.5. The van der Waals surface area contributed by atoms with Crippen LogP contribution in [0.3, 0.4) is 0 Å². The van der Waals surface area contributed by atoms with E-state index in [1.807, 2.05) is 0 Å². The summed E-state index contributed by atoms with van der Waals surface area (Å²) in [5.41, 5.74) is 7.58. The molecule has 0 fully saturated rings. The van der Waals surface area contributed by atoms with Crippen LogP contribution in [0.25, 0.3) is 10.9 Å². The highest BCUT2D eigenvalue weighted by Gasteiger charge is 2.26. The number of carbonyl (C=O) groups excluding carboxylic acids is 1. The molecule has 0 saturated heterocycles. The largest absolute Gasteiger partial charge is 0.489 e. The third kappa shape index (κ3) is 3.73. The van der Waals surface area contributed by atoms with Crippen LogP contribution in [0.2, 0.25) is 0 Å². The first-order valence-corrected chi connectivity index (χ1v) is 9.64. The molecule has 2 heterocycles. The van der Waals surface area contributed by atoms with E-state index in [-0.39, 0.29) is 11.8 Å². The number of aromatic nitrogens is 1. The Kier molecular flexibility index (Phi) is 5.30. The van der Waals surface area contributed by atoms with E-state index in [2.05, 4.69) is 46.4 Å². The van der Waals surface area contributed by atoms with Gasteiger partial charge in [-0.05, 0) is 55.5 Å². The molecule has 1 aliphatic rings. The lowest BCUT2D eigenvalue weighted by molar-refractivity contribution is 0.0997. The van der Waals surface area contributed by atoms with Gasteiger partial charge in [0.1, 0.15) is 6.61 Å². The van der Waals surface area contributed by atoms with Crippen LogP contribution in [0, 0.1) is 5.82 Å². The first-order chi connectivity index (χ1) is 13.6. The van der Waals surface area contributed by atoms with E-state index in [9.17, 15) is 9.18 Å². The maximum atomic E-state index is 13.9. The summed E-state index contributed by atoms with van der Waals surface area (Å²) in [6.45, 7) is 2.19. The number of nitrogens with one attached hydrogen (secondary N) is 1. The minimum atomic E-state index is -0.556. The molecule has 0 bridgehead atoms. The molecule has 1 aliphatic heterocycles. The van der Waals surface area contributed by atoms with Crippen molar-refractivity contribution < 1.29 is 13.9 Å². The molecule has 0 saturated carbocycles. The van der Waals surface area contributed by atoms with Crippen molar-refractivity contribution in [3.63, 3.8) is 0 Å². The Balaban J connectivity index is 1.29. The van der Waals surface area contributed by atoms with E-state index in [1.54, 1.807) is 0 Å². The number of unbranched alkanes of at least 4 members (excludes halogenated alkanes) is 1. The van der Waals surface area contributed by atoms with Crippen LogP contribution in [0.1, 0.15) is 28.8 Å². The first-order valence-electron chi connectivity index (χ1n) is 9.64. The lowest BCUT2D eigenvalue weighted by Gasteiger charge is -2.27. The Bertz CT molecular complexity index is 999. The highest BCUT2D eigenvalue weighted by molar-refractivity contribution is 5.95. The highest BCUT2D eigenvalue weighted by Crippen LogP contribution is 2.31. The summed E-state index contributed by atoms with van der Waals surface area (Å²) in [7, 11) is 0. The molecule has 28 heavy (non-hydrogen) atoms. The summed E-state index contributed by atoms with van der Waals surface area (Å²) in [6, 6.07) is 13.2. The van der Waals surface area contributed by atoms with Crippen molar-refractivity contribution in [3.05, 3.63) is 65.6 Å². The molecule has 146 valence electrons. The molecule has 1 aromatic heterocycles. The average Bonchev–Trinajstić information content (AvgIpc) is 3.11. The Morgan fingerprint density at radius 2 is 2.07 bits per heavy atom. The van der Waals surface area contributed by atoms with Crippen molar-refractivity contribution in [2.24, 2.45) is 5.73 Å². The second-order valence-electron chi connectivity index (χ2n) is 7.21. The van der Waals surface area contributed by atoms with Gasteiger partial charge in [-0.1, -0.05) is 18.2 Å². The normalized spacial score (nSPS) is 16.0. The number of primary amides is 1. The van der Waals surface area contributed by atoms with Crippen molar-refractivity contribution in [2.45, 2.75) is 31.8 Å². The van der Waals surface area contributed by atoms with Crippen LogP contribution in [0.15, 0.2) is 48.7 Å². The molecular formula is C22H24FN3O2. The third-order valence-corrected chi connectivity index (χ3v) is 5.30.